The molecule has 1 heterocycles. The predicted molar refractivity (Wildman–Crippen MR) is 124 cm³/mol. The summed E-state index contributed by atoms with van der Waals surface area (Å²) in [6.07, 6.45) is 0.909. The van der Waals surface area contributed by atoms with Gasteiger partial charge in [-0.1, -0.05) is 42.5 Å². The number of thiazole rings is 1. The van der Waals surface area contributed by atoms with Crippen LogP contribution < -0.4 is 10.2 Å². The minimum absolute atomic E-state index is 0.395. The van der Waals surface area contributed by atoms with Crippen LogP contribution in [0.3, 0.4) is 0 Å². The number of nitrogens with zero attached hydrogens (tertiary/aromatic N) is 2. The molecule has 0 radical (unpaired) electrons. The maximum Gasteiger partial charge on any atom is 0.325 e. The minimum Gasteiger partial charge on any atom is -0.480 e. The molecule has 1 unspecified atom stereocenters. The van der Waals surface area contributed by atoms with E-state index in [1.54, 1.807) is 23.5 Å². The van der Waals surface area contributed by atoms with E-state index in [-0.39, 0.29) is 0 Å². The quantitative estimate of drug-likeness (QED) is 0.524. The second-order valence-corrected chi connectivity index (χ2v) is 8.71. The van der Waals surface area contributed by atoms with E-state index < -0.39 is 17.9 Å². The van der Waals surface area contributed by atoms with Crippen LogP contribution in [-0.2, 0) is 17.8 Å². The van der Waals surface area contributed by atoms with E-state index >= 15 is 0 Å². The number of hydrogen-bond donors (Lipinski definition) is 2. The molecule has 0 fully saturated rings. The van der Waals surface area contributed by atoms with Crippen molar-refractivity contribution in [2.24, 2.45) is 0 Å². The van der Waals surface area contributed by atoms with Gasteiger partial charge in [-0.15, -0.1) is 11.3 Å². The van der Waals surface area contributed by atoms with Crippen LogP contribution in [0.4, 0.5) is 5.13 Å². The van der Waals surface area contributed by atoms with Crippen molar-refractivity contribution in [3.8, 4) is 0 Å². The average Bonchev–Trinajstić information content (AvgIpc) is 3.10. The first kappa shape index (κ1) is 22.5. The number of hydrogen-bond acceptors (Lipinski definition) is 5. The molecule has 1 atom stereocenters. The first-order chi connectivity index (χ1) is 14.8. The van der Waals surface area contributed by atoms with Crippen molar-refractivity contribution in [2.75, 3.05) is 11.4 Å². The molecule has 3 aromatic rings. The Morgan fingerprint density at radius 1 is 1.06 bits per heavy atom. The number of rotatable bonds is 9. The highest BCUT2D eigenvalue weighted by Crippen LogP contribution is 2.27. The molecule has 2 aromatic carbocycles. The molecule has 6 nitrogen and oxygen atoms in total. The maximum absolute atomic E-state index is 12.2. The first-order valence-corrected chi connectivity index (χ1v) is 11.0. The lowest BCUT2D eigenvalue weighted by atomic mass is 10.1. The number of amides is 1. The third-order valence-electron chi connectivity index (χ3n) is 5.11. The third kappa shape index (κ3) is 6.15. The standard InChI is InChI=1S/C24H27N3O3S/c1-16-18(3)31-24(26-16)27(14-13-19-7-5-4-6-8-19)15-20-9-11-21(12-10-20)22(28)25-17(2)23(29)30/h4-12,17H,13-15H2,1-3H3,(H,25,28)(H,29,30). The number of carboxylic acid groups (broad SMARTS) is 1. The van der Waals surface area contributed by atoms with Gasteiger partial charge in [-0.25, -0.2) is 4.98 Å². The lowest BCUT2D eigenvalue weighted by molar-refractivity contribution is -0.138. The Morgan fingerprint density at radius 2 is 1.74 bits per heavy atom. The lowest BCUT2D eigenvalue weighted by Gasteiger charge is -2.22. The van der Waals surface area contributed by atoms with E-state index in [0.29, 0.717) is 12.1 Å². The fourth-order valence-corrected chi connectivity index (χ4v) is 4.00. The summed E-state index contributed by atoms with van der Waals surface area (Å²) in [5.41, 5.74) is 3.82. The zero-order chi connectivity index (χ0) is 22.4. The van der Waals surface area contributed by atoms with Gasteiger partial charge < -0.3 is 15.3 Å². The molecule has 1 aromatic heterocycles. The largest absolute Gasteiger partial charge is 0.480 e. The number of aliphatic carboxylic acids is 1. The van der Waals surface area contributed by atoms with Crippen LogP contribution in [0.2, 0.25) is 0 Å². The lowest BCUT2D eigenvalue weighted by Crippen LogP contribution is -2.38. The predicted octanol–water partition coefficient (Wildman–Crippen LogP) is 4.21. The van der Waals surface area contributed by atoms with Gasteiger partial charge in [0.25, 0.3) is 5.91 Å². The maximum atomic E-state index is 12.2. The molecular weight excluding hydrogens is 410 g/mol. The first-order valence-electron chi connectivity index (χ1n) is 10.2. The van der Waals surface area contributed by atoms with Gasteiger partial charge in [0.05, 0.1) is 5.69 Å². The molecule has 31 heavy (non-hydrogen) atoms. The number of carboxylic acids is 1. The Balaban J connectivity index is 1.72. The molecule has 0 saturated carbocycles. The molecule has 0 aliphatic rings. The van der Waals surface area contributed by atoms with Crippen LogP contribution in [0.25, 0.3) is 0 Å². The topological polar surface area (TPSA) is 82.5 Å². The normalized spacial score (nSPS) is 11.7. The summed E-state index contributed by atoms with van der Waals surface area (Å²) < 4.78 is 0. The Labute approximate surface area is 186 Å². The van der Waals surface area contributed by atoms with E-state index in [1.807, 2.05) is 37.3 Å². The van der Waals surface area contributed by atoms with Crippen LogP contribution >= 0.6 is 11.3 Å². The van der Waals surface area contributed by atoms with Crippen LogP contribution in [0.5, 0.6) is 0 Å². The molecule has 0 bridgehead atoms. The fourth-order valence-electron chi connectivity index (χ4n) is 3.07. The van der Waals surface area contributed by atoms with Crippen molar-refractivity contribution < 1.29 is 14.7 Å². The van der Waals surface area contributed by atoms with Gasteiger partial charge in [0, 0.05) is 23.5 Å². The Bertz CT molecular complexity index is 1010. The zero-order valence-electron chi connectivity index (χ0n) is 18.0. The molecule has 0 aliphatic heterocycles. The number of benzene rings is 2. The molecule has 7 heteroatoms. The van der Waals surface area contributed by atoms with Gasteiger partial charge in [-0.05, 0) is 50.5 Å². The van der Waals surface area contributed by atoms with Gasteiger partial charge in [0.2, 0.25) is 0 Å². The molecule has 0 spiro atoms. The number of aromatic nitrogens is 1. The molecular formula is C24H27N3O3S. The number of aryl methyl sites for hydroxylation is 2. The highest BCUT2D eigenvalue weighted by Gasteiger charge is 2.16. The Kier molecular flexibility index (Phi) is 7.41. The van der Waals surface area contributed by atoms with E-state index in [1.165, 1.54) is 17.4 Å². The number of carbonyl (C=O) groups excluding carboxylic acids is 1. The Hall–Kier alpha value is -3.19. The molecule has 0 saturated heterocycles. The summed E-state index contributed by atoms with van der Waals surface area (Å²) in [6, 6.07) is 16.7. The Morgan fingerprint density at radius 3 is 2.32 bits per heavy atom. The van der Waals surface area contributed by atoms with Gasteiger partial charge >= 0.3 is 5.97 Å². The van der Waals surface area contributed by atoms with Crippen LogP contribution in [0.1, 0.15) is 39.0 Å². The van der Waals surface area contributed by atoms with Crippen LogP contribution in [0.15, 0.2) is 54.6 Å². The third-order valence-corrected chi connectivity index (χ3v) is 6.24. The van der Waals surface area contributed by atoms with Crippen molar-refractivity contribution >= 4 is 28.3 Å². The van der Waals surface area contributed by atoms with Crippen molar-refractivity contribution in [2.45, 2.75) is 39.8 Å². The second-order valence-electron chi connectivity index (χ2n) is 7.53. The molecule has 0 aliphatic carbocycles. The summed E-state index contributed by atoms with van der Waals surface area (Å²) in [5.74, 6) is -1.46. The van der Waals surface area contributed by atoms with Crippen LogP contribution in [0, 0.1) is 13.8 Å². The van der Waals surface area contributed by atoms with Crippen molar-refractivity contribution in [1.29, 1.82) is 0 Å². The molecule has 1 amide bonds. The zero-order valence-corrected chi connectivity index (χ0v) is 18.8. The highest BCUT2D eigenvalue weighted by atomic mass is 32.1. The van der Waals surface area contributed by atoms with E-state index in [9.17, 15) is 9.59 Å². The highest BCUT2D eigenvalue weighted by molar-refractivity contribution is 7.15. The summed E-state index contributed by atoms with van der Waals surface area (Å²) >= 11 is 1.69. The number of carbonyl (C=O) groups is 2. The SMILES string of the molecule is Cc1nc(N(CCc2ccccc2)Cc2ccc(C(=O)NC(C)C(=O)O)cc2)sc1C. The molecule has 3 rings (SSSR count). The van der Waals surface area contributed by atoms with E-state index in [2.05, 4.69) is 29.3 Å². The number of anilines is 1. The summed E-state index contributed by atoms with van der Waals surface area (Å²) in [7, 11) is 0. The van der Waals surface area contributed by atoms with E-state index in [0.717, 1.165) is 29.4 Å². The summed E-state index contributed by atoms with van der Waals surface area (Å²) in [6.45, 7) is 7.05. The molecule has 162 valence electrons. The van der Waals surface area contributed by atoms with Gasteiger partial charge in [0.1, 0.15) is 6.04 Å². The molecule has 2 N–H and O–H groups in total. The minimum atomic E-state index is -1.06. The van der Waals surface area contributed by atoms with Crippen molar-refractivity contribution in [3.05, 3.63) is 81.9 Å². The van der Waals surface area contributed by atoms with Crippen molar-refractivity contribution in [1.82, 2.24) is 10.3 Å². The van der Waals surface area contributed by atoms with Gasteiger partial charge in [-0.2, -0.15) is 0 Å². The van der Waals surface area contributed by atoms with Crippen molar-refractivity contribution in [3.63, 3.8) is 0 Å². The fraction of sp³-hybridized carbons (Fsp3) is 0.292. The van der Waals surface area contributed by atoms with Gasteiger partial charge in [0.15, 0.2) is 5.13 Å². The van der Waals surface area contributed by atoms with Gasteiger partial charge in [-0.3, -0.25) is 9.59 Å². The second kappa shape index (κ2) is 10.2. The average molecular weight is 438 g/mol. The number of nitrogens with one attached hydrogen (secondary N) is 1. The van der Waals surface area contributed by atoms with E-state index in [4.69, 9.17) is 10.1 Å². The summed E-state index contributed by atoms with van der Waals surface area (Å²) in [4.78, 5) is 31.4. The smallest absolute Gasteiger partial charge is 0.325 e. The monoisotopic (exact) mass is 437 g/mol. The van der Waals surface area contributed by atoms with Crippen LogP contribution in [-0.4, -0.2) is 34.6 Å². The summed E-state index contributed by atoms with van der Waals surface area (Å²) in [5, 5.41) is 12.4.